The Bertz CT molecular complexity index is 164. The molecule has 1 rings (SSSR count). The van der Waals surface area contributed by atoms with Crippen LogP contribution in [0.4, 0.5) is 0 Å². The van der Waals surface area contributed by atoms with Crippen LogP contribution in [0.2, 0.25) is 0 Å². The van der Waals surface area contributed by atoms with Gasteiger partial charge in [0.15, 0.2) is 0 Å². The van der Waals surface area contributed by atoms with E-state index >= 15 is 0 Å². The average molecular weight is 227 g/mol. The van der Waals surface area contributed by atoms with Crippen LogP contribution in [-0.2, 0) is 4.74 Å². The van der Waals surface area contributed by atoms with E-state index < -0.39 is 0 Å². The van der Waals surface area contributed by atoms with E-state index in [1.807, 2.05) is 0 Å². The maximum atomic E-state index is 5.39. The number of nitrogens with one attached hydrogen (secondary N) is 1. The van der Waals surface area contributed by atoms with E-state index in [0.717, 1.165) is 25.0 Å². The normalized spacial score (nSPS) is 20.2. The SMILES string of the molecule is CC(C)CCCNC(C)CC1CCOCC1. The molecule has 2 heteroatoms. The molecule has 1 heterocycles. The van der Waals surface area contributed by atoms with Crippen molar-refractivity contribution in [3.63, 3.8) is 0 Å². The fraction of sp³-hybridized carbons (Fsp3) is 1.00. The van der Waals surface area contributed by atoms with Gasteiger partial charge in [-0.1, -0.05) is 13.8 Å². The molecule has 0 bridgehead atoms. The van der Waals surface area contributed by atoms with Crippen molar-refractivity contribution in [1.29, 1.82) is 0 Å². The highest BCUT2D eigenvalue weighted by Crippen LogP contribution is 2.19. The fourth-order valence-electron chi connectivity index (χ4n) is 2.42. The second-order valence-electron chi connectivity index (χ2n) is 5.68. The summed E-state index contributed by atoms with van der Waals surface area (Å²) >= 11 is 0. The summed E-state index contributed by atoms with van der Waals surface area (Å²) in [6.07, 6.45) is 6.51. The molecule has 0 aromatic rings. The Morgan fingerprint density at radius 1 is 1.19 bits per heavy atom. The molecule has 0 amide bonds. The van der Waals surface area contributed by atoms with Crippen LogP contribution in [0.25, 0.3) is 0 Å². The molecule has 16 heavy (non-hydrogen) atoms. The Labute approximate surface area is 101 Å². The quantitative estimate of drug-likeness (QED) is 0.674. The molecule has 1 N–H and O–H groups in total. The van der Waals surface area contributed by atoms with E-state index in [2.05, 4.69) is 26.1 Å². The zero-order valence-electron chi connectivity index (χ0n) is 11.3. The van der Waals surface area contributed by atoms with Crippen LogP contribution in [0.3, 0.4) is 0 Å². The third-order valence-electron chi connectivity index (χ3n) is 3.48. The summed E-state index contributed by atoms with van der Waals surface area (Å²) < 4.78 is 5.39. The Balaban J connectivity index is 1.99. The molecule has 1 aliphatic rings. The molecule has 1 fully saturated rings. The number of hydrogen-bond acceptors (Lipinski definition) is 2. The van der Waals surface area contributed by atoms with Crippen LogP contribution >= 0.6 is 0 Å². The van der Waals surface area contributed by atoms with Crippen molar-refractivity contribution in [1.82, 2.24) is 5.32 Å². The van der Waals surface area contributed by atoms with Crippen LogP contribution < -0.4 is 5.32 Å². The lowest BCUT2D eigenvalue weighted by molar-refractivity contribution is 0.0612. The molecule has 96 valence electrons. The molecule has 0 aromatic carbocycles. The summed E-state index contributed by atoms with van der Waals surface area (Å²) in [5.74, 6) is 1.73. The minimum absolute atomic E-state index is 0.676. The first-order valence-corrected chi connectivity index (χ1v) is 6.99. The summed E-state index contributed by atoms with van der Waals surface area (Å²) in [6, 6.07) is 0.676. The smallest absolute Gasteiger partial charge is 0.0468 e. The number of rotatable bonds is 7. The topological polar surface area (TPSA) is 21.3 Å². The minimum Gasteiger partial charge on any atom is -0.381 e. The molecule has 2 nitrogen and oxygen atoms in total. The van der Waals surface area contributed by atoms with Gasteiger partial charge in [-0.25, -0.2) is 0 Å². The van der Waals surface area contributed by atoms with E-state index in [9.17, 15) is 0 Å². The zero-order chi connectivity index (χ0) is 11.8. The second kappa shape index (κ2) is 8.08. The molecule has 0 radical (unpaired) electrons. The predicted molar refractivity (Wildman–Crippen MR) is 69.7 cm³/mol. The van der Waals surface area contributed by atoms with Crippen LogP contribution in [0.15, 0.2) is 0 Å². The third-order valence-corrected chi connectivity index (χ3v) is 3.48. The van der Waals surface area contributed by atoms with Crippen LogP contribution in [0.1, 0.15) is 52.9 Å². The predicted octanol–water partition coefficient (Wildman–Crippen LogP) is 3.22. The van der Waals surface area contributed by atoms with Gasteiger partial charge in [-0.2, -0.15) is 0 Å². The first kappa shape index (κ1) is 14.0. The lowest BCUT2D eigenvalue weighted by Gasteiger charge is -2.25. The van der Waals surface area contributed by atoms with Gasteiger partial charge in [0.1, 0.15) is 0 Å². The van der Waals surface area contributed by atoms with Gasteiger partial charge in [-0.05, 0) is 57.4 Å². The fourth-order valence-corrected chi connectivity index (χ4v) is 2.42. The van der Waals surface area contributed by atoms with Gasteiger partial charge < -0.3 is 10.1 Å². The van der Waals surface area contributed by atoms with Gasteiger partial charge in [0, 0.05) is 19.3 Å². The van der Waals surface area contributed by atoms with Gasteiger partial charge in [-0.3, -0.25) is 0 Å². The van der Waals surface area contributed by atoms with Crippen molar-refractivity contribution in [3.8, 4) is 0 Å². The molecule has 0 saturated carbocycles. The Kier molecular flexibility index (Phi) is 7.06. The molecule has 1 unspecified atom stereocenters. The molecular formula is C14H29NO. The molecular weight excluding hydrogens is 198 g/mol. The zero-order valence-corrected chi connectivity index (χ0v) is 11.3. The highest BCUT2D eigenvalue weighted by molar-refractivity contribution is 4.70. The molecule has 1 saturated heterocycles. The van der Waals surface area contributed by atoms with Gasteiger partial charge in [-0.15, -0.1) is 0 Å². The first-order chi connectivity index (χ1) is 7.68. The Morgan fingerprint density at radius 3 is 2.50 bits per heavy atom. The lowest BCUT2D eigenvalue weighted by atomic mass is 9.93. The van der Waals surface area contributed by atoms with Crippen molar-refractivity contribution in [2.75, 3.05) is 19.8 Å². The summed E-state index contributed by atoms with van der Waals surface area (Å²) in [5, 5.41) is 3.64. The van der Waals surface area contributed by atoms with Crippen molar-refractivity contribution in [3.05, 3.63) is 0 Å². The monoisotopic (exact) mass is 227 g/mol. The minimum atomic E-state index is 0.676. The molecule has 0 aliphatic carbocycles. The number of ether oxygens (including phenoxy) is 1. The van der Waals surface area contributed by atoms with Gasteiger partial charge in [0.2, 0.25) is 0 Å². The highest BCUT2D eigenvalue weighted by atomic mass is 16.5. The summed E-state index contributed by atoms with van der Waals surface area (Å²) in [5.41, 5.74) is 0. The van der Waals surface area contributed by atoms with Crippen LogP contribution in [-0.4, -0.2) is 25.8 Å². The second-order valence-corrected chi connectivity index (χ2v) is 5.68. The van der Waals surface area contributed by atoms with Crippen LogP contribution in [0, 0.1) is 11.8 Å². The van der Waals surface area contributed by atoms with Gasteiger partial charge in [0.25, 0.3) is 0 Å². The summed E-state index contributed by atoms with van der Waals surface area (Å²) in [6.45, 7) is 10.1. The van der Waals surface area contributed by atoms with Crippen molar-refractivity contribution in [2.24, 2.45) is 11.8 Å². The Hall–Kier alpha value is -0.0800. The van der Waals surface area contributed by atoms with Crippen molar-refractivity contribution >= 4 is 0 Å². The maximum absolute atomic E-state index is 5.39. The first-order valence-electron chi connectivity index (χ1n) is 6.99. The van der Waals surface area contributed by atoms with E-state index in [4.69, 9.17) is 4.74 Å². The average Bonchev–Trinajstić information content (AvgIpc) is 2.25. The van der Waals surface area contributed by atoms with E-state index in [1.165, 1.54) is 38.6 Å². The van der Waals surface area contributed by atoms with Crippen molar-refractivity contribution < 1.29 is 4.74 Å². The summed E-state index contributed by atoms with van der Waals surface area (Å²) in [7, 11) is 0. The lowest BCUT2D eigenvalue weighted by Crippen LogP contribution is -2.31. The third kappa shape index (κ3) is 6.49. The standard InChI is InChI=1S/C14H29NO/c1-12(2)5-4-8-15-13(3)11-14-6-9-16-10-7-14/h12-15H,4-11H2,1-3H3. The highest BCUT2D eigenvalue weighted by Gasteiger charge is 2.16. The van der Waals surface area contributed by atoms with Crippen LogP contribution in [0.5, 0.6) is 0 Å². The van der Waals surface area contributed by atoms with E-state index in [1.54, 1.807) is 0 Å². The van der Waals surface area contributed by atoms with Gasteiger partial charge >= 0.3 is 0 Å². The molecule has 0 spiro atoms. The largest absolute Gasteiger partial charge is 0.381 e. The van der Waals surface area contributed by atoms with E-state index in [0.29, 0.717) is 6.04 Å². The molecule has 1 aliphatic heterocycles. The maximum Gasteiger partial charge on any atom is 0.0468 e. The Morgan fingerprint density at radius 2 is 1.88 bits per heavy atom. The molecule has 1 atom stereocenters. The van der Waals surface area contributed by atoms with Crippen molar-refractivity contribution in [2.45, 2.75) is 58.9 Å². The van der Waals surface area contributed by atoms with E-state index in [-0.39, 0.29) is 0 Å². The number of hydrogen-bond donors (Lipinski definition) is 1. The van der Waals surface area contributed by atoms with Gasteiger partial charge in [0.05, 0.1) is 0 Å². The summed E-state index contributed by atoms with van der Waals surface area (Å²) in [4.78, 5) is 0. The molecule has 0 aromatic heterocycles.